The number of hydrogen-bond donors (Lipinski definition) is 0. The van der Waals surface area contributed by atoms with Crippen molar-refractivity contribution in [2.24, 2.45) is 5.92 Å². The Morgan fingerprint density at radius 2 is 2.33 bits per heavy atom. The summed E-state index contributed by atoms with van der Waals surface area (Å²) in [5.74, 6) is 0.976. The van der Waals surface area contributed by atoms with Gasteiger partial charge in [-0.15, -0.1) is 22.9 Å². The number of rotatable bonds is 2. The molecular formula is C10H13ClN2OS. The van der Waals surface area contributed by atoms with E-state index in [0.717, 1.165) is 10.8 Å². The first kappa shape index (κ1) is 10.9. The SMILES string of the molecule is Cc1nc(N2CC(CCl)CC2=O)sc1C. The van der Waals surface area contributed by atoms with Crippen molar-refractivity contribution in [3.8, 4) is 0 Å². The standard InChI is InChI=1S/C10H13ClN2OS/c1-6-7(2)15-10(12-6)13-5-8(4-11)3-9(13)14/h8H,3-5H2,1-2H3. The van der Waals surface area contributed by atoms with Crippen molar-refractivity contribution < 1.29 is 4.79 Å². The van der Waals surface area contributed by atoms with Crippen molar-refractivity contribution in [2.45, 2.75) is 20.3 Å². The summed E-state index contributed by atoms with van der Waals surface area (Å²) in [5, 5.41) is 0.822. The fourth-order valence-corrected chi connectivity index (χ4v) is 2.78. The molecule has 1 amide bonds. The van der Waals surface area contributed by atoms with E-state index in [-0.39, 0.29) is 11.8 Å². The molecule has 1 unspecified atom stereocenters. The van der Waals surface area contributed by atoms with Gasteiger partial charge in [0.05, 0.1) is 5.69 Å². The van der Waals surface area contributed by atoms with Crippen molar-refractivity contribution in [1.29, 1.82) is 0 Å². The van der Waals surface area contributed by atoms with Gasteiger partial charge in [-0.25, -0.2) is 4.98 Å². The van der Waals surface area contributed by atoms with Gasteiger partial charge in [-0.1, -0.05) is 0 Å². The molecule has 1 aromatic heterocycles. The van der Waals surface area contributed by atoms with Gasteiger partial charge in [0.15, 0.2) is 5.13 Å². The summed E-state index contributed by atoms with van der Waals surface area (Å²) in [5.41, 5.74) is 1.01. The average molecular weight is 245 g/mol. The van der Waals surface area contributed by atoms with Crippen LogP contribution in [0.25, 0.3) is 0 Å². The minimum atomic E-state index is 0.148. The number of carbonyl (C=O) groups excluding carboxylic acids is 1. The van der Waals surface area contributed by atoms with Crippen molar-refractivity contribution in [3.05, 3.63) is 10.6 Å². The molecule has 0 bridgehead atoms. The Balaban J connectivity index is 2.21. The summed E-state index contributed by atoms with van der Waals surface area (Å²) in [6.45, 7) is 4.71. The second-order valence-electron chi connectivity index (χ2n) is 3.87. The van der Waals surface area contributed by atoms with Gasteiger partial charge in [0.25, 0.3) is 0 Å². The van der Waals surface area contributed by atoms with Crippen molar-refractivity contribution in [2.75, 3.05) is 17.3 Å². The lowest BCUT2D eigenvalue weighted by Crippen LogP contribution is -2.24. The van der Waals surface area contributed by atoms with Crippen molar-refractivity contribution in [3.63, 3.8) is 0 Å². The Morgan fingerprint density at radius 1 is 1.60 bits per heavy atom. The minimum absolute atomic E-state index is 0.148. The zero-order valence-corrected chi connectivity index (χ0v) is 10.4. The Labute approximate surface area is 98.1 Å². The smallest absolute Gasteiger partial charge is 0.229 e. The lowest BCUT2D eigenvalue weighted by molar-refractivity contribution is -0.117. The third-order valence-corrected chi connectivity index (χ3v) is 4.20. The maximum absolute atomic E-state index is 11.7. The van der Waals surface area contributed by atoms with E-state index in [0.29, 0.717) is 18.8 Å². The topological polar surface area (TPSA) is 33.2 Å². The number of thiazole rings is 1. The highest BCUT2D eigenvalue weighted by Crippen LogP contribution is 2.30. The monoisotopic (exact) mass is 244 g/mol. The van der Waals surface area contributed by atoms with Crippen molar-refractivity contribution in [1.82, 2.24) is 4.98 Å². The molecule has 1 saturated heterocycles. The Bertz CT molecular complexity index is 371. The van der Waals surface area contributed by atoms with Crippen LogP contribution in [0.4, 0.5) is 5.13 Å². The van der Waals surface area contributed by atoms with E-state index in [2.05, 4.69) is 4.98 Å². The second kappa shape index (κ2) is 4.10. The number of amides is 1. The van der Waals surface area contributed by atoms with E-state index in [1.807, 2.05) is 13.8 Å². The normalized spacial score (nSPS) is 21.4. The molecule has 0 aromatic carbocycles. The Hall–Kier alpha value is -0.610. The average Bonchev–Trinajstić information content (AvgIpc) is 2.71. The summed E-state index contributed by atoms with van der Waals surface area (Å²) in [6.07, 6.45) is 0.557. The number of halogens is 1. The predicted octanol–water partition coefficient (Wildman–Crippen LogP) is 2.35. The van der Waals surface area contributed by atoms with Gasteiger partial charge in [0, 0.05) is 23.7 Å². The van der Waals surface area contributed by atoms with Crippen LogP contribution in [0, 0.1) is 19.8 Å². The number of alkyl halides is 1. The summed E-state index contributed by atoms with van der Waals surface area (Å²) in [7, 11) is 0. The molecule has 0 N–H and O–H groups in total. The molecule has 1 aromatic rings. The fraction of sp³-hybridized carbons (Fsp3) is 0.600. The van der Waals surface area contributed by atoms with E-state index in [1.54, 1.807) is 16.2 Å². The molecule has 0 radical (unpaired) electrons. The number of carbonyl (C=O) groups is 1. The molecule has 82 valence electrons. The van der Waals surface area contributed by atoms with Crippen molar-refractivity contribution >= 4 is 34.0 Å². The van der Waals surface area contributed by atoms with Gasteiger partial charge < -0.3 is 0 Å². The molecule has 0 aliphatic carbocycles. The zero-order valence-electron chi connectivity index (χ0n) is 8.79. The second-order valence-corrected chi connectivity index (χ2v) is 5.36. The van der Waals surface area contributed by atoms with Gasteiger partial charge in [-0.05, 0) is 19.8 Å². The van der Waals surface area contributed by atoms with Crippen LogP contribution in [-0.2, 0) is 4.79 Å². The van der Waals surface area contributed by atoms with E-state index < -0.39 is 0 Å². The van der Waals surface area contributed by atoms with Crippen LogP contribution in [0.15, 0.2) is 0 Å². The number of aryl methyl sites for hydroxylation is 2. The van der Waals surface area contributed by atoms with Gasteiger partial charge >= 0.3 is 0 Å². The molecule has 5 heteroatoms. The van der Waals surface area contributed by atoms with Crippen LogP contribution in [0.3, 0.4) is 0 Å². The van der Waals surface area contributed by atoms with E-state index in [1.165, 1.54) is 4.88 Å². The number of nitrogens with zero attached hydrogens (tertiary/aromatic N) is 2. The van der Waals surface area contributed by atoms with Crippen LogP contribution >= 0.6 is 22.9 Å². The molecule has 1 atom stereocenters. The van der Waals surface area contributed by atoms with E-state index in [9.17, 15) is 4.79 Å². The first-order valence-corrected chi connectivity index (χ1v) is 6.27. The molecule has 0 saturated carbocycles. The van der Waals surface area contributed by atoms with Gasteiger partial charge in [0.1, 0.15) is 0 Å². The lowest BCUT2D eigenvalue weighted by atomic mass is 10.2. The predicted molar refractivity (Wildman–Crippen MR) is 62.8 cm³/mol. The Morgan fingerprint density at radius 3 is 2.80 bits per heavy atom. The summed E-state index contributed by atoms with van der Waals surface area (Å²) >= 11 is 7.35. The van der Waals surface area contributed by atoms with E-state index >= 15 is 0 Å². The molecule has 1 aliphatic rings. The molecule has 0 spiro atoms. The highest BCUT2D eigenvalue weighted by molar-refractivity contribution is 7.15. The van der Waals surface area contributed by atoms with Crippen LogP contribution < -0.4 is 4.90 Å². The van der Waals surface area contributed by atoms with Crippen LogP contribution in [0.1, 0.15) is 17.0 Å². The third-order valence-electron chi connectivity index (χ3n) is 2.67. The van der Waals surface area contributed by atoms with Crippen LogP contribution in [-0.4, -0.2) is 23.3 Å². The molecule has 1 aliphatic heterocycles. The number of aromatic nitrogens is 1. The highest BCUT2D eigenvalue weighted by atomic mass is 35.5. The minimum Gasteiger partial charge on any atom is -0.288 e. The molecule has 3 nitrogen and oxygen atoms in total. The lowest BCUT2D eigenvalue weighted by Gasteiger charge is -2.11. The van der Waals surface area contributed by atoms with Crippen LogP contribution in [0.2, 0.25) is 0 Å². The summed E-state index contributed by atoms with van der Waals surface area (Å²) in [4.78, 5) is 19.0. The summed E-state index contributed by atoms with van der Waals surface area (Å²) < 4.78 is 0. The van der Waals surface area contributed by atoms with Gasteiger partial charge in [0.2, 0.25) is 5.91 Å². The fourth-order valence-electron chi connectivity index (χ4n) is 1.64. The molecule has 1 fully saturated rings. The number of anilines is 1. The largest absolute Gasteiger partial charge is 0.288 e. The maximum Gasteiger partial charge on any atom is 0.229 e. The molecular weight excluding hydrogens is 232 g/mol. The van der Waals surface area contributed by atoms with Gasteiger partial charge in [-0.2, -0.15) is 0 Å². The number of hydrogen-bond acceptors (Lipinski definition) is 3. The molecule has 2 rings (SSSR count). The van der Waals surface area contributed by atoms with Crippen LogP contribution in [0.5, 0.6) is 0 Å². The quantitative estimate of drug-likeness (QED) is 0.749. The van der Waals surface area contributed by atoms with Gasteiger partial charge in [-0.3, -0.25) is 9.69 Å². The zero-order chi connectivity index (χ0) is 11.0. The van der Waals surface area contributed by atoms with E-state index in [4.69, 9.17) is 11.6 Å². The highest BCUT2D eigenvalue weighted by Gasteiger charge is 2.31. The first-order chi connectivity index (χ1) is 7.11. The summed E-state index contributed by atoms with van der Waals surface area (Å²) in [6, 6.07) is 0. The first-order valence-electron chi connectivity index (χ1n) is 4.92. The molecule has 15 heavy (non-hydrogen) atoms. The maximum atomic E-state index is 11.7. The third kappa shape index (κ3) is 2.01. The Kier molecular flexibility index (Phi) is 2.98. The molecule has 2 heterocycles.